The molecular formula is C14H19N3O2. The quantitative estimate of drug-likeness (QED) is 0.918. The smallest absolute Gasteiger partial charge is 0.336 e. The number of pyridine rings is 1. The van der Waals surface area contributed by atoms with Gasteiger partial charge < -0.3 is 5.11 Å². The second kappa shape index (κ2) is 4.99. The highest BCUT2D eigenvalue weighted by Crippen LogP contribution is 2.23. The van der Waals surface area contributed by atoms with Gasteiger partial charge in [-0.25, -0.2) is 14.5 Å². The number of aromatic carboxylic acids is 1. The maximum absolute atomic E-state index is 11.4. The standard InChI is InChI=1S/C14H19N3O2/c1-8(2)7-17-13-11(6-15-17)10(14(18)19)5-12(16-13)9(3)4/h5-6,8-9H,7H2,1-4H3,(H,18,19). The van der Waals surface area contributed by atoms with E-state index in [4.69, 9.17) is 0 Å². The molecule has 0 saturated heterocycles. The highest BCUT2D eigenvalue weighted by atomic mass is 16.4. The molecule has 0 spiro atoms. The van der Waals surface area contributed by atoms with Crippen LogP contribution in [0.1, 0.15) is 49.7 Å². The first-order valence-electron chi connectivity index (χ1n) is 6.50. The fourth-order valence-corrected chi connectivity index (χ4v) is 2.02. The molecule has 0 aliphatic carbocycles. The van der Waals surface area contributed by atoms with Crippen molar-refractivity contribution in [1.29, 1.82) is 0 Å². The molecule has 1 N–H and O–H groups in total. The van der Waals surface area contributed by atoms with Crippen LogP contribution in [0.4, 0.5) is 0 Å². The van der Waals surface area contributed by atoms with Gasteiger partial charge in [-0.15, -0.1) is 0 Å². The lowest BCUT2D eigenvalue weighted by Crippen LogP contribution is -2.09. The first-order chi connectivity index (χ1) is 8.90. The first kappa shape index (κ1) is 13.5. The van der Waals surface area contributed by atoms with E-state index < -0.39 is 5.97 Å². The Kier molecular flexibility index (Phi) is 3.55. The zero-order valence-corrected chi connectivity index (χ0v) is 11.7. The van der Waals surface area contributed by atoms with Gasteiger partial charge in [0.15, 0.2) is 5.65 Å². The van der Waals surface area contributed by atoms with Crippen molar-refractivity contribution in [3.8, 4) is 0 Å². The Labute approximate surface area is 112 Å². The summed E-state index contributed by atoms with van der Waals surface area (Å²) in [6, 6.07) is 1.65. The molecule has 0 bridgehead atoms. The molecular weight excluding hydrogens is 242 g/mol. The fourth-order valence-electron chi connectivity index (χ4n) is 2.02. The van der Waals surface area contributed by atoms with E-state index in [1.807, 2.05) is 13.8 Å². The molecule has 0 aliphatic rings. The van der Waals surface area contributed by atoms with Crippen molar-refractivity contribution >= 4 is 17.0 Å². The van der Waals surface area contributed by atoms with Crippen LogP contribution in [0.5, 0.6) is 0 Å². The van der Waals surface area contributed by atoms with Crippen LogP contribution < -0.4 is 0 Å². The number of fused-ring (bicyclic) bond motifs is 1. The number of nitrogens with zero attached hydrogens (tertiary/aromatic N) is 3. The molecule has 2 rings (SSSR count). The van der Waals surface area contributed by atoms with E-state index in [1.165, 1.54) is 0 Å². The predicted molar refractivity (Wildman–Crippen MR) is 73.4 cm³/mol. The van der Waals surface area contributed by atoms with Crippen molar-refractivity contribution in [3.05, 3.63) is 23.5 Å². The van der Waals surface area contributed by atoms with Crippen molar-refractivity contribution in [1.82, 2.24) is 14.8 Å². The molecule has 2 aromatic heterocycles. The van der Waals surface area contributed by atoms with Gasteiger partial charge in [-0.1, -0.05) is 27.7 Å². The second-order valence-corrected chi connectivity index (χ2v) is 5.51. The Morgan fingerprint density at radius 1 is 1.37 bits per heavy atom. The molecule has 19 heavy (non-hydrogen) atoms. The summed E-state index contributed by atoms with van der Waals surface area (Å²) < 4.78 is 1.79. The van der Waals surface area contributed by atoms with E-state index in [-0.39, 0.29) is 11.5 Å². The lowest BCUT2D eigenvalue weighted by molar-refractivity contribution is 0.0699. The van der Waals surface area contributed by atoms with Gasteiger partial charge in [0.2, 0.25) is 0 Å². The Bertz CT molecular complexity index is 614. The van der Waals surface area contributed by atoms with Gasteiger partial charge >= 0.3 is 5.97 Å². The van der Waals surface area contributed by atoms with Crippen LogP contribution in [0.3, 0.4) is 0 Å². The Balaban J connectivity index is 2.67. The van der Waals surface area contributed by atoms with E-state index in [9.17, 15) is 9.90 Å². The summed E-state index contributed by atoms with van der Waals surface area (Å²) in [6.07, 6.45) is 1.60. The lowest BCUT2D eigenvalue weighted by atomic mass is 10.1. The third kappa shape index (κ3) is 2.59. The van der Waals surface area contributed by atoms with Gasteiger partial charge in [0.25, 0.3) is 0 Å². The number of hydrogen-bond acceptors (Lipinski definition) is 3. The van der Waals surface area contributed by atoms with E-state index in [0.717, 1.165) is 12.2 Å². The van der Waals surface area contributed by atoms with Crippen LogP contribution >= 0.6 is 0 Å². The summed E-state index contributed by atoms with van der Waals surface area (Å²) >= 11 is 0. The number of carboxylic acids is 1. The van der Waals surface area contributed by atoms with Crippen LogP contribution in [0.25, 0.3) is 11.0 Å². The van der Waals surface area contributed by atoms with E-state index in [1.54, 1.807) is 16.9 Å². The van der Waals surface area contributed by atoms with Gasteiger partial charge in [-0.05, 0) is 17.9 Å². The number of carboxylic acid groups (broad SMARTS) is 1. The molecule has 5 nitrogen and oxygen atoms in total. The summed E-state index contributed by atoms with van der Waals surface area (Å²) in [5.74, 6) is -0.316. The van der Waals surface area contributed by atoms with Crippen LogP contribution in [0.15, 0.2) is 12.3 Å². The SMILES string of the molecule is CC(C)Cn1ncc2c(C(=O)O)cc(C(C)C)nc21. The Morgan fingerprint density at radius 2 is 2.05 bits per heavy atom. The minimum atomic E-state index is -0.932. The summed E-state index contributed by atoms with van der Waals surface area (Å²) in [7, 11) is 0. The highest BCUT2D eigenvalue weighted by Gasteiger charge is 2.17. The van der Waals surface area contributed by atoms with E-state index in [2.05, 4.69) is 23.9 Å². The molecule has 0 unspecified atom stereocenters. The van der Waals surface area contributed by atoms with Gasteiger partial charge in [-0.3, -0.25) is 0 Å². The highest BCUT2D eigenvalue weighted by molar-refractivity contribution is 6.01. The van der Waals surface area contributed by atoms with Crippen molar-refractivity contribution in [2.24, 2.45) is 5.92 Å². The molecule has 0 amide bonds. The monoisotopic (exact) mass is 261 g/mol. The van der Waals surface area contributed by atoms with Gasteiger partial charge in [0.05, 0.1) is 17.1 Å². The van der Waals surface area contributed by atoms with Gasteiger partial charge in [0, 0.05) is 12.2 Å². The minimum Gasteiger partial charge on any atom is -0.478 e. The molecule has 0 aromatic carbocycles. The number of carbonyl (C=O) groups is 1. The molecule has 0 saturated carbocycles. The number of hydrogen-bond donors (Lipinski definition) is 1. The molecule has 2 heterocycles. The Hall–Kier alpha value is -1.91. The topological polar surface area (TPSA) is 68.0 Å². The van der Waals surface area contributed by atoms with Crippen LogP contribution in [0, 0.1) is 5.92 Å². The number of aromatic nitrogens is 3. The van der Waals surface area contributed by atoms with E-state index >= 15 is 0 Å². The summed E-state index contributed by atoms with van der Waals surface area (Å²) in [5, 5.41) is 14.2. The summed E-state index contributed by atoms with van der Waals surface area (Å²) in [6.45, 7) is 8.93. The summed E-state index contributed by atoms with van der Waals surface area (Å²) in [5.41, 5.74) is 1.73. The third-order valence-electron chi connectivity index (χ3n) is 2.99. The van der Waals surface area contributed by atoms with Crippen molar-refractivity contribution in [3.63, 3.8) is 0 Å². The molecule has 102 valence electrons. The van der Waals surface area contributed by atoms with Gasteiger partial charge in [0.1, 0.15) is 0 Å². The Morgan fingerprint density at radius 3 is 2.58 bits per heavy atom. The fraction of sp³-hybridized carbons (Fsp3) is 0.500. The maximum atomic E-state index is 11.4. The van der Waals surface area contributed by atoms with Crippen LogP contribution in [-0.2, 0) is 6.54 Å². The lowest BCUT2D eigenvalue weighted by Gasteiger charge is -2.10. The zero-order chi connectivity index (χ0) is 14.2. The molecule has 5 heteroatoms. The first-order valence-corrected chi connectivity index (χ1v) is 6.50. The van der Waals surface area contributed by atoms with Crippen molar-refractivity contribution in [2.75, 3.05) is 0 Å². The second-order valence-electron chi connectivity index (χ2n) is 5.51. The largest absolute Gasteiger partial charge is 0.478 e. The maximum Gasteiger partial charge on any atom is 0.336 e. The van der Waals surface area contributed by atoms with Crippen LogP contribution in [0.2, 0.25) is 0 Å². The van der Waals surface area contributed by atoms with E-state index in [0.29, 0.717) is 17.0 Å². The number of rotatable bonds is 4. The predicted octanol–water partition coefficient (Wildman–Crippen LogP) is 2.91. The average molecular weight is 261 g/mol. The molecule has 2 aromatic rings. The minimum absolute atomic E-state index is 0.185. The molecule has 0 fully saturated rings. The molecule has 0 atom stereocenters. The van der Waals surface area contributed by atoms with Crippen LogP contribution in [-0.4, -0.2) is 25.8 Å². The van der Waals surface area contributed by atoms with Gasteiger partial charge in [-0.2, -0.15) is 5.10 Å². The third-order valence-corrected chi connectivity index (χ3v) is 2.99. The molecule has 0 radical (unpaired) electrons. The zero-order valence-electron chi connectivity index (χ0n) is 11.7. The van der Waals surface area contributed by atoms with Crippen molar-refractivity contribution < 1.29 is 9.90 Å². The normalized spacial score (nSPS) is 11.7. The summed E-state index contributed by atoms with van der Waals surface area (Å²) in [4.78, 5) is 15.9. The molecule has 0 aliphatic heterocycles. The average Bonchev–Trinajstić information content (AvgIpc) is 2.70. The van der Waals surface area contributed by atoms with Crippen molar-refractivity contribution in [2.45, 2.75) is 40.2 Å².